The van der Waals surface area contributed by atoms with Crippen molar-refractivity contribution in [1.29, 1.82) is 0 Å². The molecule has 0 amide bonds. The van der Waals surface area contributed by atoms with Gasteiger partial charge in [0.25, 0.3) is 0 Å². The monoisotopic (exact) mass is 578 g/mol. The average molecular weight is 579 g/mol. The predicted octanol–water partition coefficient (Wildman–Crippen LogP) is 8.73. The molecule has 6 rings (SSSR count). The lowest BCUT2D eigenvalue weighted by Gasteiger charge is -2.28. The van der Waals surface area contributed by atoms with Gasteiger partial charge in [0.1, 0.15) is 11.5 Å². The zero-order valence-corrected chi connectivity index (χ0v) is 25.0. The predicted molar refractivity (Wildman–Crippen MR) is 171 cm³/mol. The summed E-state index contributed by atoms with van der Waals surface area (Å²) >= 11 is 12.4. The minimum Gasteiger partial charge on any atom is -0.457 e. The molecule has 1 saturated heterocycles. The fraction of sp³-hybridized carbons (Fsp3) is 0.176. The van der Waals surface area contributed by atoms with E-state index in [4.69, 9.17) is 33.5 Å². The molecule has 5 aromatic rings. The molecule has 1 N–H and O–H groups in total. The molecule has 206 valence electrons. The Morgan fingerprint density at radius 3 is 2.24 bits per heavy atom. The molecule has 2 aromatic heterocycles. The Morgan fingerprint density at radius 1 is 0.854 bits per heavy atom. The maximum atomic E-state index is 6.43. The first-order chi connectivity index (χ1) is 19.8. The van der Waals surface area contributed by atoms with Crippen LogP contribution in [0.25, 0.3) is 5.69 Å². The standard InChI is InChI=1S/C34H31ClN4OS/c1-21-8-14-27(15-9-21)40-28-16-12-26(13-17-28)39-33(32(37-34(39)41)30-7-5-6-18-36-30)29-19-23(3)38(24(29)4)31-20-25(35)11-10-22(31)2/h5-20,32-33H,1-4H3,(H,37,41)/t32-,33-/m1/s1. The van der Waals surface area contributed by atoms with Crippen molar-refractivity contribution in [2.75, 3.05) is 4.90 Å². The number of anilines is 1. The first-order valence-corrected chi connectivity index (χ1v) is 14.4. The van der Waals surface area contributed by atoms with E-state index >= 15 is 0 Å². The van der Waals surface area contributed by atoms with Gasteiger partial charge in [-0.25, -0.2) is 0 Å². The first-order valence-electron chi connectivity index (χ1n) is 13.6. The van der Waals surface area contributed by atoms with Crippen molar-refractivity contribution >= 4 is 34.6 Å². The second kappa shape index (κ2) is 11.0. The Balaban J connectivity index is 1.42. The van der Waals surface area contributed by atoms with E-state index in [1.807, 2.05) is 66.9 Å². The molecule has 0 bridgehead atoms. The van der Waals surface area contributed by atoms with Crippen LogP contribution in [0.15, 0.2) is 97.2 Å². The van der Waals surface area contributed by atoms with E-state index in [9.17, 15) is 0 Å². The summed E-state index contributed by atoms with van der Waals surface area (Å²) in [7, 11) is 0. The number of nitrogens with one attached hydrogen (secondary N) is 1. The maximum absolute atomic E-state index is 6.43. The number of hydrogen-bond acceptors (Lipinski definition) is 3. The smallest absolute Gasteiger partial charge is 0.174 e. The van der Waals surface area contributed by atoms with Crippen LogP contribution in [0, 0.1) is 27.7 Å². The van der Waals surface area contributed by atoms with Crippen molar-refractivity contribution in [3.8, 4) is 17.2 Å². The molecule has 0 unspecified atom stereocenters. The molecular formula is C34H31ClN4OS. The van der Waals surface area contributed by atoms with Gasteiger partial charge in [-0.15, -0.1) is 0 Å². The Hall–Kier alpha value is -4.13. The number of thiocarbonyl (C=S) groups is 1. The molecule has 1 aliphatic rings. The topological polar surface area (TPSA) is 42.3 Å². The van der Waals surface area contributed by atoms with Crippen molar-refractivity contribution in [2.45, 2.75) is 39.8 Å². The lowest BCUT2D eigenvalue weighted by Crippen LogP contribution is -2.29. The zero-order chi connectivity index (χ0) is 28.7. The molecule has 1 aliphatic heterocycles. The molecule has 1 fully saturated rings. The van der Waals surface area contributed by atoms with Crippen LogP contribution >= 0.6 is 23.8 Å². The second-order valence-electron chi connectivity index (χ2n) is 10.5. The number of halogens is 1. The van der Waals surface area contributed by atoms with Crippen LogP contribution in [0.3, 0.4) is 0 Å². The minimum atomic E-state index is -0.137. The normalized spacial score (nSPS) is 16.6. The maximum Gasteiger partial charge on any atom is 0.174 e. The van der Waals surface area contributed by atoms with Crippen LogP contribution < -0.4 is 15.0 Å². The van der Waals surface area contributed by atoms with Gasteiger partial charge in [-0.2, -0.15) is 0 Å². The summed E-state index contributed by atoms with van der Waals surface area (Å²) in [6, 6.07) is 30.2. The number of rotatable bonds is 6. The number of hydrogen-bond donors (Lipinski definition) is 1. The van der Waals surface area contributed by atoms with E-state index in [-0.39, 0.29) is 12.1 Å². The molecule has 0 spiro atoms. The highest BCUT2D eigenvalue weighted by Crippen LogP contribution is 2.44. The quantitative estimate of drug-likeness (QED) is 0.204. The SMILES string of the molecule is Cc1ccc(Oc2ccc(N3C(=S)N[C@H](c4ccccn4)[C@H]3c3cc(C)n(-c4cc(Cl)ccc4C)c3C)cc2)cc1. The van der Waals surface area contributed by atoms with Gasteiger partial charge in [0, 0.05) is 34.0 Å². The van der Waals surface area contributed by atoms with E-state index in [0.29, 0.717) is 10.1 Å². The third kappa shape index (κ3) is 5.21. The molecule has 3 heterocycles. The summed E-state index contributed by atoms with van der Waals surface area (Å²) in [4.78, 5) is 6.91. The van der Waals surface area contributed by atoms with Crippen LogP contribution in [-0.2, 0) is 0 Å². The number of ether oxygens (including phenoxy) is 1. The van der Waals surface area contributed by atoms with E-state index in [1.165, 1.54) is 11.1 Å². The van der Waals surface area contributed by atoms with Gasteiger partial charge in [-0.05, 0) is 118 Å². The van der Waals surface area contributed by atoms with Crippen LogP contribution in [-0.4, -0.2) is 14.7 Å². The Labute approximate surface area is 251 Å². The van der Waals surface area contributed by atoms with Gasteiger partial charge < -0.3 is 19.5 Å². The van der Waals surface area contributed by atoms with Gasteiger partial charge in [0.05, 0.1) is 17.8 Å². The lowest BCUT2D eigenvalue weighted by molar-refractivity contribution is 0.482. The summed E-state index contributed by atoms with van der Waals surface area (Å²) in [6.45, 7) is 8.47. The summed E-state index contributed by atoms with van der Waals surface area (Å²) < 4.78 is 8.38. The fourth-order valence-corrected chi connectivity index (χ4v) is 6.16. The fourth-order valence-electron chi connectivity index (χ4n) is 5.65. The third-order valence-corrected chi connectivity index (χ3v) is 8.22. The zero-order valence-electron chi connectivity index (χ0n) is 23.4. The molecule has 3 aromatic carbocycles. The van der Waals surface area contributed by atoms with Crippen molar-refractivity contribution < 1.29 is 4.74 Å². The third-order valence-electron chi connectivity index (χ3n) is 7.67. The highest BCUT2D eigenvalue weighted by Gasteiger charge is 2.42. The Morgan fingerprint density at radius 2 is 1.56 bits per heavy atom. The molecule has 0 saturated carbocycles. The highest BCUT2D eigenvalue weighted by atomic mass is 35.5. The molecule has 0 aliphatic carbocycles. The van der Waals surface area contributed by atoms with Gasteiger partial charge in [-0.1, -0.05) is 41.4 Å². The van der Waals surface area contributed by atoms with Gasteiger partial charge in [-0.3, -0.25) is 4.98 Å². The van der Waals surface area contributed by atoms with Crippen molar-refractivity contribution in [1.82, 2.24) is 14.9 Å². The van der Waals surface area contributed by atoms with Crippen molar-refractivity contribution in [2.24, 2.45) is 0 Å². The number of aromatic nitrogens is 2. The molecule has 7 heteroatoms. The summed E-state index contributed by atoms with van der Waals surface area (Å²) in [5.41, 5.74) is 8.77. The Kier molecular flexibility index (Phi) is 7.28. The summed E-state index contributed by atoms with van der Waals surface area (Å²) in [6.07, 6.45) is 1.83. The van der Waals surface area contributed by atoms with E-state index in [1.54, 1.807) is 0 Å². The molecular weight excluding hydrogens is 548 g/mol. The Bertz CT molecular complexity index is 1710. The summed E-state index contributed by atoms with van der Waals surface area (Å²) in [5, 5.41) is 4.94. The average Bonchev–Trinajstić information content (AvgIpc) is 3.47. The number of aryl methyl sites for hydroxylation is 3. The van der Waals surface area contributed by atoms with Gasteiger partial charge in [0.15, 0.2) is 5.11 Å². The largest absolute Gasteiger partial charge is 0.457 e. The lowest BCUT2D eigenvalue weighted by atomic mass is 9.96. The van der Waals surface area contributed by atoms with Crippen LogP contribution in [0.2, 0.25) is 5.02 Å². The number of benzene rings is 3. The van der Waals surface area contributed by atoms with Crippen LogP contribution in [0.5, 0.6) is 11.5 Å². The molecule has 0 radical (unpaired) electrons. The summed E-state index contributed by atoms with van der Waals surface area (Å²) in [5.74, 6) is 1.57. The second-order valence-corrected chi connectivity index (χ2v) is 11.3. The van der Waals surface area contributed by atoms with E-state index < -0.39 is 0 Å². The molecule has 2 atom stereocenters. The highest BCUT2D eigenvalue weighted by molar-refractivity contribution is 7.80. The van der Waals surface area contributed by atoms with E-state index in [2.05, 4.69) is 72.8 Å². The van der Waals surface area contributed by atoms with Crippen LogP contribution in [0.4, 0.5) is 5.69 Å². The minimum absolute atomic E-state index is 0.124. The van der Waals surface area contributed by atoms with Gasteiger partial charge >= 0.3 is 0 Å². The van der Waals surface area contributed by atoms with Gasteiger partial charge in [0.2, 0.25) is 0 Å². The van der Waals surface area contributed by atoms with E-state index in [0.717, 1.165) is 45.5 Å². The molecule has 41 heavy (non-hydrogen) atoms. The number of pyridine rings is 1. The first kappa shape index (κ1) is 27.1. The number of nitrogens with zero attached hydrogens (tertiary/aromatic N) is 3. The van der Waals surface area contributed by atoms with Crippen molar-refractivity contribution in [3.63, 3.8) is 0 Å². The van der Waals surface area contributed by atoms with Crippen molar-refractivity contribution in [3.05, 3.63) is 136 Å². The van der Waals surface area contributed by atoms with Crippen LogP contribution in [0.1, 0.15) is 45.9 Å². The molecule has 5 nitrogen and oxygen atoms in total.